The molecule has 5 aromatic rings. The monoisotopic (exact) mass is 607 g/mol. The smallest absolute Gasteiger partial charge is 0.247 e. The Hall–Kier alpha value is -4.11. The summed E-state index contributed by atoms with van der Waals surface area (Å²) in [6.07, 6.45) is 0. The maximum Gasteiger partial charge on any atom is 0.247 e. The van der Waals surface area contributed by atoms with Gasteiger partial charge in [0.2, 0.25) is 13.4 Å². The predicted octanol–water partition coefficient (Wildman–Crippen LogP) is 6.49. The molecule has 0 atom stereocenters. The van der Waals surface area contributed by atoms with E-state index in [4.69, 9.17) is 0 Å². The number of rotatable bonds is 2. The number of hydrogen-bond acceptors (Lipinski definition) is 1. The van der Waals surface area contributed by atoms with Crippen molar-refractivity contribution in [3.63, 3.8) is 0 Å². The van der Waals surface area contributed by atoms with Crippen LogP contribution in [-0.2, 0) is 0 Å². The van der Waals surface area contributed by atoms with Gasteiger partial charge < -0.3 is 4.90 Å². The van der Waals surface area contributed by atoms with Crippen molar-refractivity contribution in [2.45, 2.75) is 76.2 Å². The zero-order valence-electron chi connectivity index (χ0n) is 29.0. The summed E-state index contributed by atoms with van der Waals surface area (Å²) in [5.41, 5.74) is 23.8. The molecule has 230 valence electrons. The molecule has 0 unspecified atom stereocenters. The summed E-state index contributed by atoms with van der Waals surface area (Å²) in [5.74, 6) is -0.496. The summed E-state index contributed by atoms with van der Waals surface area (Å²) in [6, 6.07) is 15.1. The molecule has 2 heterocycles. The van der Waals surface area contributed by atoms with Crippen LogP contribution in [0.2, 0.25) is 0 Å². The zero-order valence-corrected chi connectivity index (χ0v) is 29.0. The maximum atomic E-state index is 15.3. The van der Waals surface area contributed by atoms with E-state index in [9.17, 15) is 0 Å². The third kappa shape index (κ3) is 4.06. The summed E-state index contributed by atoms with van der Waals surface area (Å²) in [5, 5.41) is 0. The van der Waals surface area contributed by atoms with E-state index < -0.39 is 0 Å². The number of halogens is 2. The van der Waals surface area contributed by atoms with Crippen molar-refractivity contribution in [1.29, 1.82) is 0 Å². The van der Waals surface area contributed by atoms with Gasteiger partial charge in [-0.25, -0.2) is 8.78 Å². The summed E-state index contributed by atoms with van der Waals surface area (Å²) in [4.78, 5) is 2.29. The van der Waals surface area contributed by atoms with Crippen LogP contribution in [0.25, 0.3) is 0 Å². The number of fused-ring (bicyclic) bond motifs is 4. The minimum absolute atomic E-state index is 0.153. The number of hydrogen-bond donors (Lipinski definition) is 0. The van der Waals surface area contributed by atoms with Gasteiger partial charge in [0.05, 0.1) is 0 Å². The highest BCUT2D eigenvalue weighted by Gasteiger charge is 2.45. The molecule has 2 aliphatic heterocycles. The average molecular weight is 607 g/mol. The van der Waals surface area contributed by atoms with Crippen LogP contribution in [0.3, 0.4) is 0 Å². The highest BCUT2D eigenvalue weighted by Crippen LogP contribution is 2.39. The molecule has 0 bridgehead atoms. The van der Waals surface area contributed by atoms with Gasteiger partial charge in [-0.05, 0) is 168 Å². The van der Waals surface area contributed by atoms with Gasteiger partial charge in [0.15, 0.2) is 0 Å². The molecule has 0 N–H and O–H groups in total. The first-order valence-electron chi connectivity index (χ1n) is 16.4. The fourth-order valence-corrected chi connectivity index (χ4v) is 8.71. The van der Waals surface area contributed by atoms with Crippen LogP contribution < -0.4 is 37.7 Å². The van der Waals surface area contributed by atoms with E-state index in [-0.39, 0.29) is 25.1 Å². The van der Waals surface area contributed by atoms with Crippen LogP contribution in [-0.4, -0.2) is 13.4 Å². The second kappa shape index (κ2) is 10.5. The molecule has 5 heteroatoms. The predicted molar refractivity (Wildman–Crippen MR) is 195 cm³/mol. The van der Waals surface area contributed by atoms with Gasteiger partial charge in [-0.15, -0.1) is 0 Å². The van der Waals surface area contributed by atoms with E-state index in [1.807, 2.05) is 12.1 Å². The van der Waals surface area contributed by atoms with Crippen LogP contribution in [0.1, 0.15) is 61.2 Å². The number of aryl methyl sites for hydroxylation is 1. The molecular formula is C41H41B2F2N. The van der Waals surface area contributed by atoms with E-state index in [1.165, 1.54) is 77.5 Å². The summed E-state index contributed by atoms with van der Waals surface area (Å²) in [6.45, 7) is 24.0. The lowest BCUT2D eigenvalue weighted by molar-refractivity contribution is 0.629. The molecule has 0 saturated carbocycles. The molecule has 0 saturated heterocycles. The lowest BCUT2D eigenvalue weighted by Crippen LogP contribution is -2.66. The van der Waals surface area contributed by atoms with Crippen molar-refractivity contribution in [2.24, 2.45) is 0 Å². The molecule has 5 aromatic carbocycles. The third-order valence-corrected chi connectivity index (χ3v) is 11.9. The minimum Gasteiger partial charge on any atom is -0.313 e. The Morgan fingerprint density at radius 2 is 0.739 bits per heavy atom. The molecule has 7 rings (SSSR count). The van der Waals surface area contributed by atoms with Crippen LogP contribution in [0.15, 0.2) is 48.5 Å². The van der Waals surface area contributed by atoms with Gasteiger partial charge in [-0.2, -0.15) is 0 Å². The van der Waals surface area contributed by atoms with Crippen molar-refractivity contribution >= 4 is 63.3 Å². The van der Waals surface area contributed by atoms with Crippen molar-refractivity contribution in [1.82, 2.24) is 0 Å². The van der Waals surface area contributed by atoms with Crippen molar-refractivity contribution in [2.75, 3.05) is 4.90 Å². The Morgan fingerprint density at radius 1 is 0.413 bits per heavy atom. The van der Waals surface area contributed by atoms with E-state index in [0.717, 1.165) is 33.6 Å². The van der Waals surface area contributed by atoms with E-state index in [1.54, 1.807) is 24.3 Å². The quantitative estimate of drug-likeness (QED) is 0.203. The fraction of sp³-hybridized carbons (Fsp3) is 0.268. The van der Waals surface area contributed by atoms with Gasteiger partial charge in [-0.3, -0.25) is 0 Å². The highest BCUT2D eigenvalue weighted by molar-refractivity contribution is 7.02. The van der Waals surface area contributed by atoms with Gasteiger partial charge in [0, 0.05) is 17.1 Å². The third-order valence-electron chi connectivity index (χ3n) is 11.9. The normalized spacial score (nSPS) is 13.2. The molecule has 0 fully saturated rings. The van der Waals surface area contributed by atoms with Crippen molar-refractivity contribution in [3.8, 4) is 0 Å². The maximum absolute atomic E-state index is 15.3. The minimum atomic E-state index is -0.248. The molecule has 0 aliphatic carbocycles. The van der Waals surface area contributed by atoms with Crippen LogP contribution in [0, 0.1) is 87.8 Å². The lowest BCUT2D eigenvalue weighted by atomic mass is 9.29. The Labute approximate surface area is 273 Å². The molecule has 0 radical (unpaired) electrons. The van der Waals surface area contributed by atoms with Crippen LogP contribution >= 0.6 is 0 Å². The Bertz CT molecular complexity index is 1960. The Kier molecular flexibility index (Phi) is 6.94. The first-order chi connectivity index (χ1) is 21.7. The largest absolute Gasteiger partial charge is 0.313 e. The van der Waals surface area contributed by atoms with Gasteiger partial charge in [0.1, 0.15) is 11.6 Å². The molecule has 2 aliphatic rings. The number of nitrogens with zero attached hydrogens (tertiary/aromatic N) is 1. The Morgan fingerprint density at radius 3 is 1.09 bits per heavy atom. The van der Waals surface area contributed by atoms with Crippen LogP contribution in [0.5, 0.6) is 0 Å². The van der Waals surface area contributed by atoms with Crippen molar-refractivity contribution < 1.29 is 8.78 Å². The summed E-state index contributed by atoms with van der Waals surface area (Å²) in [7, 11) is 0. The zero-order chi connectivity index (χ0) is 33.1. The molecule has 0 spiro atoms. The summed E-state index contributed by atoms with van der Waals surface area (Å²) >= 11 is 0. The first-order valence-corrected chi connectivity index (χ1v) is 16.4. The topological polar surface area (TPSA) is 3.24 Å². The van der Waals surface area contributed by atoms with Gasteiger partial charge in [0.25, 0.3) is 0 Å². The van der Waals surface area contributed by atoms with Gasteiger partial charge in [-0.1, -0.05) is 50.9 Å². The number of anilines is 3. The van der Waals surface area contributed by atoms with E-state index in [0.29, 0.717) is 0 Å². The highest BCUT2D eigenvalue weighted by atomic mass is 19.1. The molecular weight excluding hydrogens is 566 g/mol. The molecule has 1 nitrogen and oxygen atoms in total. The standard InChI is InChI=1S/C41H41B2F2N/c1-20-16-35-41-36(17-20)43(40-29(10)25(6)22(3)26(7)30(40)11)34-19-32(45)13-15-38(34)46(41)37-14-12-31(44)18-33(37)42(35)39-27(8)23(4)21(2)24(5)28(39)9/h12-19H,1-11H3. The van der Waals surface area contributed by atoms with Crippen molar-refractivity contribution in [3.05, 3.63) is 121 Å². The van der Waals surface area contributed by atoms with E-state index >= 15 is 8.78 Å². The average Bonchev–Trinajstić information content (AvgIpc) is 3.02. The van der Waals surface area contributed by atoms with Gasteiger partial charge >= 0.3 is 0 Å². The molecule has 0 amide bonds. The number of benzene rings is 5. The lowest BCUT2D eigenvalue weighted by Gasteiger charge is -2.45. The van der Waals surface area contributed by atoms with E-state index in [2.05, 4.69) is 93.2 Å². The second-order valence-electron chi connectivity index (χ2n) is 14.0. The summed E-state index contributed by atoms with van der Waals surface area (Å²) < 4.78 is 30.7. The SMILES string of the molecule is Cc1cc2c3c(c1)B(c1c(C)c(C)c(C)c(C)c1C)c1cc(F)ccc1N3c1ccc(F)cc1B2c1c(C)c(C)c(C)c(C)c1C. The first kappa shape index (κ1) is 30.5. The Balaban J connectivity index is 1.67. The molecule has 0 aromatic heterocycles. The second-order valence-corrected chi connectivity index (χ2v) is 14.0. The molecule has 46 heavy (non-hydrogen) atoms. The fourth-order valence-electron chi connectivity index (χ4n) is 8.71. The van der Waals surface area contributed by atoms with Crippen LogP contribution in [0.4, 0.5) is 25.8 Å².